The zero-order chi connectivity index (χ0) is 17.6. The normalized spacial score (nSPS) is 10.4. The molecule has 0 aliphatic carbocycles. The van der Waals surface area contributed by atoms with Crippen LogP contribution in [0, 0.1) is 0 Å². The first-order valence-electron chi connectivity index (χ1n) is 7.95. The minimum Gasteiger partial charge on any atom is -0.497 e. The maximum atomic E-state index is 12.2. The largest absolute Gasteiger partial charge is 0.497 e. The number of nitrogens with one attached hydrogen (secondary N) is 3. The van der Waals surface area contributed by atoms with E-state index in [1.807, 2.05) is 48.5 Å². The van der Waals surface area contributed by atoms with Crippen molar-refractivity contribution in [3.05, 3.63) is 65.9 Å². The highest BCUT2D eigenvalue weighted by Crippen LogP contribution is 2.17. The maximum Gasteiger partial charge on any atom is 0.271 e. The number of rotatable bonds is 5. The number of aryl methyl sites for hydroxylation is 1. The van der Waals surface area contributed by atoms with E-state index in [9.17, 15) is 9.59 Å². The number of ether oxygens (including phenoxy) is 1. The molecule has 0 radical (unpaired) electrons. The van der Waals surface area contributed by atoms with Crippen molar-refractivity contribution in [2.45, 2.75) is 12.8 Å². The molecule has 0 saturated heterocycles. The number of benzene rings is 2. The summed E-state index contributed by atoms with van der Waals surface area (Å²) < 4.78 is 5.10. The van der Waals surface area contributed by atoms with Crippen molar-refractivity contribution in [1.29, 1.82) is 0 Å². The van der Waals surface area contributed by atoms with E-state index in [-0.39, 0.29) is 18.2 Å². The Morgan fingerprint density at radius 2 is 1.80 bits per heavy atom. The topological polar surface area (TPSA) is 83.2 Å². The summed E-state index contributed by atoms with van der Waals surface area (Å²) in [6, 6.07) is 15.0. The fourth-order valence-corrected chi connectivity index (χ4v) is 2.57. The SMILES string of the molecule is COc1ccc(CCC(=O)NNC(=O)c2c[nH]c3ccccc23)cc1. The van der Waals surface area contributed by atoms with Gasteiger partial charge in [0.15, 0.2) is 0 Å². The lowest BCUT2D eigenvalue weighted by Crippen LogP contribution is -2.41. The van der Waals surface area contributed by atoms with Gasteiger partial charge in [-0.25, -0.2) is 0 Å². The van der Waals surface area contributed by atoms with E-state index >= 15 is 0 Å². The molecule has 25 heavy (non-hydrogen) atoms. The second-order valence-corrected chi connectivity index (χ2v) is 5.60. The fraction of sp³-hybridized carbons (Fsp3) is 0.158. The molecule has 0 fully saturated rings. The van der Waals surface area contributed by atoms with Crippen LogP contribution in [0.5, 0.6) is 5.75 Å². The van der Waals surface area contributed by atoms with E-state index in [4.69, 9.17) is 4.74 Å². The van der Waals surface area contributed by atoms with Gasteiger partial charge >= 0.3 is 0 Å². The third kappa shape index (κ3) is 3.98. The second kappa shape index (κ2) is 7.53. The molecule has 2 aromatic carbocycles. The molecule has 3 rings (SSSR count). The van der Waals surface area contributed by atoms with Crippen LogP contribution in [-0.4, -0.2) is 23.9 Å². The van der Waals surface area contributed by atoms with Crippen LogP contribution in [0.15, 0.2) is 54.7 Å². The van der Waals surface area contributed by atoms with Gasteiger partial charge in [0.25, 0.3) is 5.91 Å². The van der Waals surface area contributed by atoms with Crippen molar-refractivity contribution in [3.8, 4) is 5.75 Å². The number of hydrazine groups is 1. The Morgan fingerprint density at radius 3 is 2.56 bits per heavy atom. The molecule has 0 atom stereocenters. The number of amides is 2. The van der Waals surface area contributed by atoms with Gasteiger partial charge in [0, 0.05) is 23.5 Å². The monoisotopic (exact) mass is 337 g/mol. The number of hydrogen-bond acceptors (Lipinski definition) is 3. The number of fused-ring (bicyclic) bond motifs is 1. The molecule has 0 saturated carbocycles. The van der Waals surface area contributed by atoms with Gasteiger partial charge < -0.3 is 9.72 Å². The molecule has 0 bridgehead atoms. The van der Waals surface area contributed by atoms with Gasteiger partial charge in [-0.3, -0.25) is 20.4 Å². The molecule has 6 nitrogen and oxygen atoms in total. The van der Waals surface area contributed by atoms with Crippen LogP contribution in [0.25, 0.3) is 10.9 Å². The van der Waals surface area contributed by atoms with Gasteiger partial charge in [-0.15, -0.1) is 0 Å². The number of aromatic nitrogens is 1. The van der Waals surface area contributed by atoms with Crippen LogP contribution < -0.4 is 15.6 Å². The van der Waals surface area contributed by atoms with Crippen molar-refractivity contribution in [2.75, 3.05) is 7.11 Å². The van der Waals surface area contributed by atoms with Gasteiger partial charge in [-0.2, -0.15) is 0 Å². The van der Waals surface area contributed by atoms with Crippen LogP contribution in [0.4, 0.5) is 0 Å². The Balaban J connectivity index is 1.50. The predicted molar refractivity (Wildman–Crippen MR) is 95.2 cm³/mol. The lowest BCUT2D eigenvalue weighted by atomic mass is 10.1. The smallest absolute Gasteiger partial charge is 0.271 e. The van der Waals surface area contributed by atoms with Crippen molar-refractivity contribution >= 4 is 22.7 Å². The predicted octanol–water partition coefficient (Wildman–Crippen LogP) is 2.57. The molecule has 0 spiro atoms. The van der Waals surface area contributed by atoms with Gasteiger partial charge in [-0.05, 0) is 30.2 Å². The number of carbonyl (C=O) groups is 2. The molecule has 0 aliphatic rings. The Kier molecular flexibility index (Phi) is 4.99. The van der Waals surface area contributed by atoms with Crippen LogP contribution in [-0.2, 0) is 11.2 Å². The summed E-state index contributed by atoms with van der Waals surface area (Å²) >= 11 is 0. The first-order valence-corrected chi connectivity index (χ1v) is 7.95. The third-order valence-corrected chi connectivity index (χ3v) is 3.95. The number of methoxy groups -OCH3 is 1. The van der Waals surface area contributed by atoms with Gasteiger partial charge in [0.2, 0.25) is 5.91 Å². The summed E-state index contributed by atoms with van der Waals surface area (Å²) in [6.07, 6.45) is 2.49. The molecule has 1 aromatic heterocycles. The molecule has 3 N–H and O–H groups in total. The van der Waals surface area contributed by atoms with Crippen molar-refractivity contribution in [1.82, 2.24) is 15.8 Å². The number of aromatic amines is 1. The van der Waals surface area contributed by atoms with Crippen molar-refractivity contribution < 1.29 is 14.3 Å². The lowest BCUT2D eigenvalue weighted by Gasteiger charge is -2.07. The zero-order valence-electron chi connectivity index (χ0n) is 13.8. The van der Waals surface area contributed by atoms with E-state index in [1.165, 1.54) is 0 Å². The molecular formula is C19H19N3O3. The van der Waals surface area contributed by atoms with Crippen molar-refractivity contribution in [3.63, 3.8) is 0 Å². The zero-order valence-corrected chi connectivity index (χ0v) is 13.8. The molecule has 2 amide bonds. The average molecular weight is 337 g/mol. The van der Waals surface area contributed by atoms with E-state index in [0.29, 0.717) is 12.0 Å². The van der Waals surface area contributed by atoms with Crippen LogP contribution in [0.1, 0.15) is 22.3 Å². The summed E-state index contributed by atoms with van der Waals surface area (Å²) in [5.41, 5.74) is 7.30. The number of H-pyrrole nitrogens is 1. The van der Waals surface area contributed by atoms with Crippen molar-refractivity contribution in [2.24, 2.45) is 0 Å². The minimum absolute atomic E-state index is 0.246. The highest BCUT2D eigenvalue weighted by atomic mass is 16.5. The van der Waals surface area contributed by atoms with Crippen LogP contribution in [0.3, 0.4) is 0 Å². The molecular weight excluding hydrogens is 318 g/mol. The summed E-state index contributed by atoms with van der Waals surface area (Å²) in [5, 5.41) is 0.812. The van der Waals surface area contributed by atoms with Gasteiger partial charge in [-0.1, -0.05) is 30.3 Å². The Morgan fingerprint density at radius 1 is 1.04 bits per heavy atom. The molecule has 0 aliphatic heterocycles. The molecule has 3 aromatic rings. The number of carbonyl (C=O) groups excluding carboxylic acids is 2. The maximum absolute atomic E-state index is 12.2. The molecule has 1 heterocycles. The van der Waals surface area contributed by atoms with E-state index < -0.39 is 0 Å². The summed E-state index contributed by atoms with van der Waals surface area (Å²) in [5.74, 6) is 0.179. The second-order valence-electron chi connectivity index (χ2n) is 5.60. The average Bonchev–Trinajstić information content (AvgIpc) is 3.09. The van der Waals surface area contributed by atoms with Crippen LogP contribution in [0.2, 0.25) is 0 Å². The molecule has 0 unspecified atom stereocenters. The summed E-state index contributed by atoms with van der Waals surface area (Å²) in [7, 11) is 1.61. The molecule has 128 valence electrons. The highest BCUT2D eigenvalue weighted by molar-refractivity contribution is 6.07. The van der Waals surface area contributed by atoms with Gasteiger partial charge in [0.1, 0.15) is 5.75 Å². The quantitative estimate of drug-likeness (QED) is 0.626. The van der Waals surface area contributed by atoms with E-state index in [2.05, 4.69) is 15.8 Å². The number of hydrogen-bond donors (Lipinski definition) is 3. The first-order chi connectivity index (χ1) is 12.2. The first kappa shape index (κ1) is 16.6. The van der Waals surface area contributed by atoms with E-state index in [1.54, 1.807) is 13.3 Å². The fourth-order valence-electron chi connectivity index (χ4n) is 2.57. The summed E-state index contributed by atoms with van der Waals surface area (Å²) in [6.45, 7) is 0. The standard InChI is InChI=1S/C19H19N3O3/c1-25-14-9-6-13(7-10-14)8-11-18(23)21-22-19(24)16-12-20-17-5-3-2-4-15(16)17/h2-7,9-10,12,20H,8,11H2,1H3,(H,21,23)(H,22,24). The summed E-state index contributed by atoms with van der Waals surface area (Å²) in [4.78, 5) is 27.2. The van der Waals surface area contributed by atoms with Crippen LogP contribution >= 0.6 is 0 Å². The Hall–Kier alpha value is -3.28. The highest BCUT2D eigenvalue weighted by Gasteiger charge is 2.12. The van der Waals surface area contributed by atoms with Gasteiger partial charge in [0.05, 0.1) is 12.7 Å². The lowest BCUT2D eigenvalue weighted by molar-refractivity contribution is -0.121. The number of para-hydroxylation sites is 1. The third-order valence-electron chi connectivity index (χ3n) is 3.95. The van der Waals surface area contributed by atoms with E-state index in [0.717, 1.165) is 22.2 Å². The Labute approximate surface area is 145 Å². The Bertz CT molecular complexity index is 884. The molecule has 6 heteroatoms. The minimum atomic E-state index is -0.352.